The second-order valence-electron chi connectivity index (χ2n) is 8.99. The molecule has 0 radical (unpaired) electrons. The van der Waals surface area contributed by atoms with E-state index in [2.05, 4.69) is 5.32 Å². The van der Waals surface area contributed by atoms with Gasteiger partial charge in [-0.15, -0.1) is 0 Å². The molecule has 0 aliphatic carbocycles. The average molecular weight is 396 g/mol. The molecule has 2 aliphatic rings. The molecule has 28 heavy (non-hydrogen) atoms. The van der Waals surface area contributed by atoms with Crippen molar-refractivity contribution in [2.24, 2.45) is 11.8 Å². The number of likely N-dealkylation sites (tertiary alicyclic amines) is 2. The van der Waals surface area contributed by atoms with Crippen LogP contribution in [0.4, 0.5) is 4.79 Å². The molecule has 0 aromatic carbocycles. The Morgan fingerprint density at radius 2 is 1.86 bits per heavy atom. The molecule has 2 fully saturated rings. The van der Waals surface area contributed by atoms with E-state index in [1.165, 1.54) is 11.8 Å². The van der Waals surface area contributed by atoms with Crippen LogP contribution in [0.3, 0.4) is 0 Å². The summed E-state index contributed by atoms with van der Waals surface area (Å²) in [6.45, 7) is 12.7. The number of nitrogens with one attached hydrogen (secondary N) is 1. The topological polar surface area (TPSA) is 96.0 Å². The molecule has 8 heteroatoms. The van der Waals surface area contributed by atoms with Crippen LogP contribution in [0.25, 0.3) is 0 Å². The number of fused-ring (bicyclic) bond motifs is 1. The zero-order valence-electron chi connectivity index (χ0n) is 17.9. The number of imide groups is 1. The number of ether oxygens (including phenoxy) is 1. The summed E-state index contributed by atoms with van der Waals surface area (Å²) in [6, 6.07) is -1.38. The first-order valence-electron chi connectivity index (χ1n) is 10.0. The fraction of sp³-hybridized carbons (Fsp3) is 0.800. The van der Waals surface area contributed by atoms with Crippen molar-refractivity contribution in [3.63, 3.8) is 0 Å². The molecule has 2 saturated heterocycles. The average Bonchev–Trinajstić information content (AvgIpc) is 3.06. The molecule has 0 aromatic heterocycles. The molecule has 0 unspecified atom stereocenters. The quantitative estimate of drug-likeness (QED) is 0.785. The first-order valence-corrected chi connectivity index (χ1v) is 10.0. The molecule has 0 aromatic rings. The molecule has 2 heterocycles. The third kappa shape index (κ3) is 4.31. The van der Waals surface area contributed by atoms with Gasteiger partial charge in [0.15, 0.2) is 0 Å². The molecular weight excluding hydrogens is 362 g/mol. The summed E-state index contributed by atoms with van der Waals surface area (Å²) in [5.74, 6) is -1.26. The van der Waals surface area contributed by atoms with Gasteiger partial charge in [0.2, 0.25) is 17.7 Å². The highest BCUT2D eigenvalue weighted by molar-refractivity contribution is 5.99. The van der Waals surface area contributed by atoms with Crippen LogP contribution in [0, 0.1) is 11.8 Å². The standard InChI is InChI=1S/C20H33N3O5/c1-8-13-16-14(23(12(4)24)17(13)25)9-10-22(16)18(26)15(11(2)3)21-19(27)28-20(5,6)7/h11,13-16H,8-10H2,1-7H3,(H,21,27)/t13-,14-,15-,16+/m0/s1. The number of rotatable bonds is 4. The van der Waals surface area contributed by atoms with Gasteiger partial charge in [-0.25, -0.2) is 4.79 Å². The van der Waals surface area contributed by atoms with Gasteiger partial charge < -0.3 is 15.0 Å². The minimum atomic E-state index is -0.757. The SMILES string of the molecule is CC[C@@H]1C(=O)N(C(C)=O)[C@H]2CCN(C(=O)[C@@H](NC(=O)OC(C)(C)C)C(C)C)[C@H]12. The Labute approximate surface area is 166 Å². The van der Waals surface area contributed by atoms with E-state index in [1.807, 2.05) is 20.8 Å². The molecule has 4 atom stereocenters. The Morgan fingerprint density at radius 1 is 1.25 bits per heavy atom. The zero-order chi connectivity index (χ0) is 21.4. The number of amides is 4. The lowest BCUT2D eigenvalue weighted by Crippen LogP contribution is -2.54. The van der Waals surface area contributed by atoms with Crippen LogP contribution >= 0.6 is 0 Å². The maximum Gasteiger partial charge on any atom is 0.408 e. The Hall–Kier alpha value is -2.12. The number of hydrogen-bond acceptors (Lipinski definition) is 5. The normalized spacial score (nSPS) is 25.7. The minimum absolute atomic E-state index is 0.153. The van der Waals surface area contributed by atoms with Crippen LogP contribution in [-0.2, 0) is 19.1 Å². The molecule has 2 aliphatic heterocycles. The lowest BCUT2D eigenvalue weighted by molar-refractivity contribution is -0.144. The Bertz CT molecular complexity index is 655. The van der Waals surface area contributed by atoms with Gasteiger partial charge in [0, 0.05) is 13.5 Å². The van der Waals surface area contributed by atoms with E-state index >= 15 is 0 Å². The number of hydrogen-bond donors (Lipinski definition) is 1. The van der Waals surface area contributed by atoms with Crippen molar-refractivity contribution >= 4 is 23.8 Å². The van der Waals surface area contributed by atoms with E-state index in [9.17, 15) is 19.2 Å². The minimum Gasteiger partial charge on any atom is -0.444 e. The summed E-state index contributed by atoms with van der Waals surface area (Å²) in [7, 11) is 0. The first-order chi connectivity index (χ1) is 12.9. The summed E-state index contributed by atoms with van der Waals surface area (Å²) in [5.41, 5.74) is -0.666. The van der Waals surface area contributed by atoms with Gasteiger partial charge in [-0.2, -0.15) is 0 Å². The van der Waals surface area contributed by atoms with E-state index in [0.717, 1.165) is 0 Å². The first kappa shape index (κ1) is 22.2. The van der Waals surface area contributed by atoms with E-state index in [1.54, 1.807) is 25.7 Å². The smallest absolute Gasteiger partial charge is 0.408 e. The fourth-order valence-corrected chi connectivity index (χ4v) is 4.24. The molecule has 0 spiro atoms. The number of nitrogens with zero attached hydrogens (tertiary/aromatic N) is 2. The highest BCUT2D eigenvalue weighted by Crippen LogP contribution is 2.38. The summed E-state index contributed by atoms with van der Waals surface area (Å²) in [4.78, 5) is 53.2. The van der Waals surface area contributed by atoms with Gasteiger partial charge >= 0.3 is 6.09 Å². The van der Waals surface area contributed by atoms with E-state index < -0.39 is 23.7 Å². The van der Waals surface area contributed by atoms with Crippen molar-refractivity contribution in [2.75, 3.05) is 6.54 Å². The molecule has 2 rings (SSSR count). The Kier molecular flexibility index (Phi) is 6.41. The lowest BCUT2D eigenvalue weighted by atomic mass is 9.95. The van der Waals surface area contributed by atoms with Crippen molar-refractivity contribution in [3.8, 4) is 0 Å². The molecule has 0 bridgehead atoms. The van der Waals surface area contributed by atoms with Crippen LogP contribution in [0.5, 0.6) is 0 Å². The number of alkyl carbamates (subject to hydrolysis) is 1. The van der Waals surface area contributed by atoms with Crippen molar-refractivity contribution in [1.29, 1.82) is 0 Å². The van der Waals surface area contributed by atoms with Crippen molar-refractivity contribution in [1.82, 2.24) is 15.1 Å². The number of carbonyl (C=O) groups excluding carboxylic acids is 4. The molecule has 8 nitrogen and oxygen atoms in total. The van der Waals surface area contributed by atoms with E-state index in [0.29, 0.717) is 19.4 Å². The molecule has 158 valence electrons. The predicted octanol–water partition coefficient (Wildman–Crippen LogP) is 1.92. The molecule has 4 amide bonds. The van der Waals surface area contributed by atoms with Crippen molar-refractivity contribution in [3.05, 3.63) is 0 Å². The van der Waals surface area contributed by atoms with Crippen LogP contribution in [0.2, 0.25) is 0 Å². The highest BCUT2D eigenvalue weighted by atomic mass is 16.6. The second-order valence-corrected chi connectivity index (χ2v) is 8.99. The summed E-state index contributed by atoms with van der Waals surface area (Å²) in [5, 5.41) is 2.69. The predicted molar refractivity (Wildman–Crippen MR) is 103 cm³/mol. The third-order valence-corrected chi connectivity index (χ3v) is 5.39. The zero-order valence-corrected chi connectivity index (χ0v) is 17.9. The van der Waals surface area contributed by atoms with Crippen LogP contribution in [-0.4, -0.2) is 63.9 Å². The van der Waals surface area contributed by atoms with Crippen molar-refractivity contribution in [2.45, 2.75) is 85.0 Å². The second kappa shape index (κ2) is 8.09. The maximum absolute atomic E-state index is 13.3. The summed E-state index contributed by atoms with van der Waals surface area (Å²) >= 11 is 0. The van der Waals surface area contributed by atoms with Gasteiger partial charge in [0.05, 0.1) is 18.0 Å². The maximum atomic E-state index is 13.3. The van der Waals surface area contributed by atoms with Crippen LogP contribution < -0.4 is 5.32 Å². The van der Waals surface area contributed by atoms with E-state index in [-0.39, 0.29) is 35.7 Å². The third-order valence-electron chi connectivity index (χ3n) is 5.39. The van der Waals surface area contributed by atoms with Crippen molar-refractivity contribution < 1.29 is 23.9 Å². The molecular formula is C20H33N3O5. The Balaban J connectivity index is 2.22. The van der Waals surface area contributed by atoms with Gasteiger partial charge in [0.25, 0.3) is 0 Å². The van der Waals surface area contributed by atoms with Gasteiger partial charge in [-0.05, 0) is 39.5 Å². The van der Waals surface area contributed by atoms with Crippen LogP contribution in [0.1, 0.15) is 61.3 Å². The summed E-state index contributed by atoms with van der Waals surface area (Å²) < 4.78 is 5.30. The van der Waals surface area contributed by atoms with Crippen LogP contribution in [0.15, 0.2) is 0 Å². The highest BCUT2D eigenvalue weighted by Gasteiger charge is 2.56. The van der Waals surface area contributed by atoms with Gasteiger partial charge in [-0.3, -0.25) is 19.3 Å². The molecule has 0 saturated carbocycles. The fourth-order valence-electron chi connectivity index (χ4n) is 4.24. The largest absolute Gasteiger partial charge is 0.444 e. The Morgan fingerprint density at radius 3 is 2.32 bits per heavy atom. The lowest BCUT2D eigenvalue weighted by Gasteiger charge is -2.32. The number of carbonyl (C=O) groups is 4. The van der Waals surface area contributed by atoms with Gasteiger partial charge in [-0.1, -0.05) is 20.8 Å². The summed E-state index contributed by atoms with van der Waals surface area (Å²) in [6.07, 6.45) is 0.477. The van der Waals surface area contributed by atoms with E-state index in [4.69, 9.17) is 4.74 Å². The molecule has 1 N–H and O–H groups in total. The van der Waals surface area contributed by atoms with Gasteiger partial charge in [0.1, 0.15) is 11.6 Å². The monoisotopic (exact) mass is 395 g/mol.